The summed E-state index contributed by atoms with van der Waals surface area (Å²) in [5.41, 5.74) is 6.36. The van der Waals surface area contributed by atoms with Crippen LogP contribution in [0, 0.1) is 5.92 Å². The summed E-state index contributed by atoms with van der Waals surface area (Å²) >= 11 is 0. The first-order valence-corrected chi connectivity index (χ1v) is 8.64. The minimum absolute atomic E-state index is 0.133. The van der Waals surface area contributed by atoms with Crippen LogP contribution in [0.3, 0.4) is 0 Å². The average Bonchev–Trinajstić information content (AvgIpc) is 2.44. The summed E-state index contributed by atoms with van der Waals surface area (Å²) in [5.74, 6) is 0.0490. The van der Waals surface area contributed by atoms with Crippen LogP contribution in [-0.4, -0.2) is 38.8 Å². The van der Waals surface area contributed by atoms with E-state index in [9.17, 15) is 13.2 Å². The predicted molar refractivity (Wildman–Crippen MR) is 86.6 cm³/mol. The van der Waals surface area contributed by atoms with Crippen molar-refractivity contribution >= 4 is 15.9 Å². The maximum Gasteiger partial charge on any atom is 0.242 e. The Balaban J connectivity index is 2.86. The van der Waals surface area contributed by atoms with Crippen molar-refractivity contribution in [2.75, 3.05) is 14.1 Å². The molecule has 0 heterocycles. The summed E-state index contributed by atoms with van der Waals surface area (Å²) in [6, 6.07) is 6.03. The molecule has 0 radical (unpaired) electrons. The lowest BCUT2D eigenvalue weighted by atomic mass is 10.0. The SMILES string of the molecule is CC(C)C[C@H](N)C(=O)NCc1ccccc1S(=O)(=O)N(C)C. The minimum atomic E-state index is -3.54. The molecule has 0 spiro atoms. The van der Waals surface area contributed by atoms with Crippen LogP contribution in [-0.2, 0) is 21.4 Å². The number of hydrogen-bond donors (Lipinski definition) is 2. The normalized spacial score (nSPS) is 13.4. The quantitative estimate of drug-likeness (QED) is 0.779. The molecule has 1 amide bonds. The predicted octanol–water partition coefficient (Wildman–Crippen LogP) is 0.927. The number of rotatable bonds is 7. The molecular formula is C15H25N3O3S. The van der Waals surface area contributed by atoms with E-state index in [2.05, 4.69) is 5.32 Å². The van der Waals surface area contributed by atoms with Gasteiger partial charge in [0.2, 0.25) is 15.9 Å². The van der Waals surface area contributed by atoms with Gasteiger partial charge in [-0.1, -0.05) is 32.0 Å². The molecule has 6 nitrogen and oxygen atoms in total. The van der Waals surface area contributed by atoms with Gasteiger partial charge in [-0.2, -0.15) is 0 Å². The molecule has 0 aliphatic rings. The number of nitrogens with one attached hydrogen (secondary N) is 1. The van der Waals surface area contributed by atoms with Crippen LogP contribution >= 0.6 is 0 Å². The highest BCUT2D eigenvalue weighted by molar-refractivity contribution is 7.89. The van der Waals surface area contributed by atoms with Crippen molar-refractivity contribution < 1.29 is 13.2 Å². The molecule has 0 saturated carbocycles. The monoisotopic (exact) mass is 327 g/mol. The second-order valence-corrected chi connectivity index (χ2v) is 7.97. The summed E-state index contributed by atoms with van der Waals surface area (Å²) in [7, 11) is -0.593. The fraction of sp³-hybridized carbons (Fsp3) is 0.533. The number of hydrogen-bond acceptors (Lipinski definition) is 4. The van der Waals surface area contributed by atoms with E-state index in [0.29, 0.717) is 17.9 Å². The number of amides is 1. The molecule has 0 aromatic heterocycles. The molecule has 0 unspecified atom stereocenters. The van der Waals surface area contributed by atoms with E-state index in [1.165, 1.54) is 20.2 Å². The smallest absolute Gasteiger partial charge is 0.242 e. The second-order valence-electron chi connectivity index (χ2n) is 5.85. The number of benzene rings is 1. The summed E-state index contributed by atoms with van der Waals surface area (Å²) in [4.78, 5) is 12.1. The lowest BCUT2D eigenvalue weighted by Crippen LogP contribution is -2.41. The van der Waals surface area contributed by atoms with Gasteiger partial charge >= 0.3 is 0 Å². The van der Waals surface area contributed by atoms with Gasteiger partial charge in [-0.25, -0.2) is 12.7 Å². The topological polar surface area (TPSA) is 92.5 Å². The largest absolute Gasteiger partial charge is 0.351 e. The van der Waals surface area contributed by atoms with Crippen LogP contribution in [0.15, 0.2) is 29.2 Å². The van der Waals surface area contributed by atoms with E-state index in [-0.39, 0.29) is 17.3 Å². The van der Waals surface area contributed by atoms with Gasteiger partial charge in [0.15, 0.2) is 0 Å². The molecule has 0 aliphatic heterocycles. The third-order valence-electron chi connectivity index (χ3n) is 3.25. The van der Waals surface area contributed by atoms with Gasteiger partial charge in [-0.15, -0.1) is 0 Å². The van der Waals surface area contributed by atoms with E-state index < -0.39 is 16.1 Å². The van der Waals surface area contributed by atoms with Gasteiger partial charge in [0.25, 0.3) is 0 Å². The molecule has 3 N–H and O–H groups in total. The van der Waals surface area contributed by atoms with Gasteiger partial charge in [0.05, 0.1) is 10.9 Å². The van der Waals surface area contributed by atoms with E-state index in [0.717, 1.165) is 4.31 Å². The summed E-state index contributed by atoms with van der Waals surface area (Å²) in [5, 5.41) is 2.71. The molecular weight excluding hydrogens is 302 g/mol. The summed E-state index contributed by atoms with van der Waals surface area (Å²) < 4.78 is 25.7. The van der Waals surface area contributed by atoms with E-state index >= 15 is 0 Å². The fourth-order valence-corrected chi connectivity index (χ4v) is 3.14. The standard InChI is InChI=1S/C15H25N3O3S/c1-11(2)9-13(16)15(19)17-10-12-7-5-6-8-14(12)22(20,21)18(3)4/h5-8,11,13H,9-10,16H2,1-4H3,(H,17,19)/t13-/m0/s1. The number of nitrogens with zero attached hydrogens (tertiary/aromatic N) is 1. The Bertz CT molecular complexity index is 612. The zero-order valence-electron chi connectivity index (χ0n) is 13.5. The fourth-order valence-electron chi connectivity index (χ4n) is 2.03. The van der Waals surface area contributed by atoms with Gasteiger partial charge in [-0.3, -0.25) is 4.79 Å². The summed E-state index contributed by atoms with van der Waals surface area (Å²) in [6.45, 7) is 4.12. The first kappa shape index (κ1) is 18.6. The Morgan fingerprint density at radius 1 is 1.27 bits per heavy atom. The molecule has 0 fully saturated rings. The van der Waals surface area contributed by atoms with Crippen LogP contribution in [0.1, 0.15) is 25.8 Å². The molecule has 0 aliphatic carbocycles. The maximum absolute atomic E-state index is 12.3. The van der Waals surface area contributed by atoms with Crippen LogP contribution in [0.25, 0.3) is 0 Å². The van der Waals surface area contributed by atoms with Crippen molar-refractivity contribution in [1.29, 1.82) is 0 Å². The Kier molecular flexibility index (Phi) is 6.52. The van der Waals surface area contributed by atoms with Crippen LogP contribution in [0.4, 0.5) is 0 Å². The molecule has 1 atom stereocenters. The molecule has 124 valence electrons. The zero-order chi connectivity index (χ0) is 16.9. The van der Waals surface area contributed by atoms with Crippen LogP contribution in [0.2, 0.25) is 0 Å². The average molecular weight is 327 g/mol. The molecule has 1 aromatic carbocycles. The highest BCUT2D eigenvalue weighted by Crippen LogP contribution is 2.18. The van der Waals surface area contributed by atoms with Crippen LogP contribution < -0.4 is 11.1 Å². The number of carbonyl (C=O) groups excluding carboxylic acids is 1. The Labute approximate surface area is 132 Å². The Morgan fingerprint density at radius 2 is 1.86 bits per heavy atom. The van der Waals surface area contributed by atoms with E-state index in [1.54, 1.807) is 18.2 Å². The van der Waals surface area contributed by atoms with Crippen molar-refractivity contribution in [1.82, 2.24) is 9.62 Å². The van der Waals surface area contributed by atoms with E-state index in [1.807, 2.05) is 13.8 Å². The lowest BCUT2D eigenvalue weighted by molar-refractivity contribution is -0.122. The van der Waals surface area contributed by atoms with Crippen molar-refractivity contribution in [2.45, 2.75) is 37.8 Å². The van der Waals surface area contributed by atoms with Gasteiger partial charge in [0.1, 0.15) is 0 Å². The molecule has 0 bridgehead atoms. The highest BCUT2D eigenvalue weighted by atomic mass is 32.2. The zero-order valence-corrected chi connectivity index (χ0v) is 14.4. The van der Waals surface area contributed by atoms with Crippen molar-refractivity contribution in [2.24, 2.45) is 11.7 Å². The maximum atomic E-state index is 12.3. The first-order chi connectivity index (χ1) is 10.2. The molecule has 0 saturated heterocycles. The molecule has 1 rings (SSSR count). The summed E-state index contributed by atoms with van der Waals surface area (Å²) in [6.07, 6.45) is 0.587. The Morgan fingerprint density at radius 3 is 2.41 bits per heavy atom. The Hall–Kier alpha value is -1.44. The van der Waals surface area contributed by atoms with Gasteiger partial charge < -0.3 is 11.1 Å². The minimum Gasteiger partial charge on any atom is -0.351 e. The van der Waals surface area contributed by atoms with Crippen LogP contribution in [0.5, 0.6) is 0 Å². The highest BCUT2D eigenvalue weighted by Gasteiger charge is 2.21. The van der Waals surface area contributed by atoms with Crippen molar-refractivity contribution in [3.05, 3.63) is 29.8 Å². The third kappa shape index (κ3) is 4.79. The third-order valence-corrected chi connectivity index (χ3v) is 5.16. The number of sulfonamides is 1. The number of nitrogens with two attached hydrogens (primary N) is 1. The molecule has 22 heavy (non-hydrogen) atoms. The van der Waals surface area contributed by atoms with Crippen molar-refractivity contribution in [3.8, 4) is 0 Å². The van der Waals surface area contributed by atoms with E-state index in [4.69, 9.17) is 5.73 Å². The lowest BCUT2D eigenvalue weighted by Gasteiger charge is -2.17. The van der Waals surface area contributed by atoms with Crippen molar-refractivity contribution in [3.63, 3.8) is 0 Å². The molecule has 7 heteroatoms. The number of carbonyl (C=O) groups is 1. The first-order valence-electron chi connectivity index (χ1n) is 7.20. The van der Waals surface area contributed by atoms with Gasteiger partial charge in [0, 0.05) is 20.6 Å². The second kappa shape index (κ2) is 7.71. The van der Waals surface area contributed by atoms with Gasteiger partial charge in [-0.05, 0) is 24.0 Å². The molecule has 1 aromatic rings.